The zero-order chi connectivity index (χ0) is 16.2. The average Bonchev–Trinajstić information content (AvgIpc) is 3.19. The third-order valence-electron chi connectivity index (χ3n) is 4.85. The highest BCUT2D eigenvalue weighted by atomic mass is 16.5. The molecule has 24 heavy (non-hydrogen) atoms. The molecule has 2 aliphatic heterocycles. The predicted molar refractivity (Wildman–Crippen MR) is 89.4 cm³/mol. The SMILES string of the molecule is c1ccc(CN2CCOC[C@]3(C[C@H](Cn4ccnc4)CO3)C2)nc1. The molecule has 0 bridgehead atoms. The highest BCUT2D eigenvalue weighted by molar-refractivity contribution is 5.04. The van der Waals surface area contributed by atoms with Gasteiger partial charge in [0.1, 0.15) is 5.60 Å². The molecule has 128 valence electrons. The molecule has 0 radical (unpaired) electrons. The lowest BCUT2D eigenvalue weighted by molar-refractivity contribution is -0.0563. The molecule has 6 heteroatoms. The maximum absolute atomic E-state index is 6.27. The second-order valence-electron chi connectivity index (χ2n) is 6.91. The number of nitrogens with zero attached hydrogens (tertiary/aromatic N) is 4. The first-order valence-electron chi connectivity index (χ1n) is 8.61. The maximum atomic E-state index is 6.27. The van der Waals surface area contributed by atoms with Crippen molar-refractivity contribution in [1.29, 1.82) is 0 Å². The van der Waals surface area contributed by atoms with Crippen molar-refractivity contribution in [1.82, 2.24) is 19.4 Å². The van der Waals surface area contributed by atoms with Crippen LogP contribution in [0.15, 0.2) is 43.1 Å². The monoisotopic (exact) mass is 328 g/mol. The van der Waals surface area contributed by atoms with Gasteiger partial charge in [-0.2, -0.15) is 0 Å². The Morgan fingerprint density at radius 2 is 2.29 bits per heavy atom. The smallest absolute Gasteiger partial charge is 0.104 e. The summed E-state index contributed by atoms with van der Waals surface area (Å²) in [5.74, 6) is 0.512. The Bertz CT molecular complexity index is 634. The van der Waals surface area contributed by atoms with E-state index in [2.05, 4.69) is 25.5 Å². The summed E-state index contributed by atoms with van der Waals surface area (Å²) in [6.45, 7) is 5.87. The van der Waals surface area contributed by atoms with E-state index in [0.717, 1.165) is 51.5 Å². The molecule has 2 fully saturated rings. The van der Waals surface area contributed by atoms with Crippen LogP contribution < -0.4 is 0 Å². The van der Waals surface area contributed by atoms with Gasteiger partial charge in [0.25, 0.3) is 0 Å². The number of ether oxygens (including phenoxy) is 2. The lowest BCUT2D eigenvalue weighted by atomic mass is 9.94. The fraction of sp³-hybridized carbons (Fsp3) is 0.556. The summed E-state index contributed by atoms with van der Waals surface area (Å²) >= 11 is 0. The van der Waals surface area contributed by atoms with E-state index >= 15 is 0 Å². The topological polar surface area (TPSA) is 52.4 Å². The summed E-state index contributed by atoms with van der Waals surface area (Å²) in [6.07, 6.45) is 8.61. The fourth-order valence-electron chi connectivity index (χ4n) is 3.80. The molecular weight excluding hydrogens is 304 g/mol. The molecule has 0 N–H and O–H groups in total. The van der Waals surface area contributed by atoms with Crippen LogP contribution >= 0.6 is 0 Å². The van der Waals surface area contributed by atoms with Crippen molar-refractivity contribution in [2.24, 2.45) is 5.92 Å². The van der Waals surface area contributed by atoms with E-state index in [1.165, 1.54) is 0 Å². The summed E-state index contributed by atoms with van der Waals surface area (Å²) in [5, 5.41) is 0. The molecule has 0 unspecified atom stereocenters. The summed E-state index contributed by atoms with van der Waals surface area (Å²) in [6, 6.07) is 6.08. The Kier molecular flexibility index (Phi) is 4.60. The molecule has 2 aliphatic rings. The van der Waals surface area contributed by atoms with E-state index in [-0.39, 0.29) is 5.60 Å². The first-order chi connectivity index (χ1) is 11.8. The highest BCUT2D eigenvalue weighted by Gasteiger charge is 2.43. The zero-order valence-corrected chi connectivity index (χ0v) is 13.9. The van der Waals surface area contributed by atoms with Gasteiger partial charge < -0.3 is 14.0 Å². The van der Waals surface area contributed by atoms with Gasteiger partial charge in [-0.3, -0.25) is 9.88 Å². The van der Waals surface area contributed by atoms with Crippen LogP contribution in [0.5, 0.6) is 0 Å². The van der Waals surface area contributed by atoms with Crippen LogP contribution in [0.4, 0.5) is 0 Å². The average molecular weight is 328 g/mol. The number of aromatic nitrogens is 3. The molecular formula is C18H24N4O2. The molecule has 2 saturated heterocycles. The Morgan fingerprint density at radius 1 is 1.29 bits per heavy atom. The number of pyridine rings is 1. The van der Waals surface area contributed by atoms with Gasteiger partial charge in [-0.25, -0.2) is 4.98 Å². The van der Waals surface area contributed by atoms with E-state index < -0.39 is 0 Å². The van der Waals surface area contributed by atoms with Gasteiger partial charge in [-0.15, -0.1) is 0 Å². The van der Waals surface area contributed by atoms with Crippen LogP contribution in [0.2, 0.25) is 0 Å². The Balaban J connectivity index is 1.40. The minimum atomic E-state index is -0.184. The molecule has 4 heterocycles. The summed E-state index contributed by atoms with van der Waals surface area (Å²) in [7, 11) is 0. The van der Waals surface area contributed by atoms with Crippen LogP contribution in [0.3, 0.4) is 0 Å². The van der Waals surface area contributed by atoms with Gasteiger partial charge in [-0.1, -0.05) is 6.07 Å². The van der Waals surface area contributed by atoms with Crippen LogP contribution in [-0.4, -0.2) is 57.9 Å². The van der Waals surface area contributed by atoms with E-state index in [0.29, 0.717) is 12.5 Å². The van der Waals surface area contributed by atoms with Crippen LogP contribution in [0.25, 0.3) is 0 Å². The maximum Gasteiger partial charge on any atom is 0.104 e. The van der Waals surface area contributed by atoms with Crippen molar-refractivity contribution < 1.29 is 9.47 Å². The van der Waals surface area contributed by atoms with Gasteiger partial charge in [0.15, 0.2) is 0 Å². The molecule has 0 aromatic carbocycles. The van der Waals surface area contributed by atoms with E-state index in [4.69, 9.17) is 9.47 Å². The first-order valence-corrected chi connectivity index (χ1v) is 8.61. The van der Waals surface area contributed by atoms with Crippen molar-refractivity contribution >= 4 is 0 Å². The highest BCUT2D eigenvalue weighted by Crippen LogP contribution is 2.33. The van der Waals surface area contributed by atoms with Gasteiger partial charge in [0.2, 0.25) is 0 Å². The van der Waals surface area contributed by atoms with Crippen LogP contribution in [0, 0.1) is 5.92 Å². The molecule has 2 aromatic rings. The summed E-state index contributed by atoms with van der Waals surface area (Å²) in [5.41, 5.74) is 0.916. The molecule has 0 aliphatic carbocycles. The third-order valence-corrected chi connectivity index (χ3v) is 4.85. The van der Waals surface area contributed by atoms with Crippen molar-refractivity contribution in [2.45, 2.75) is 25.1 Å². The minimum absolute atomic E-state index is 0.184. The summed E-state index contributed by atoms with van der Waals surface area (Å²) in [4.78, 5) is 11.0. The van der Waals surface area contributed by atoms with Gasteiger partial charge in [0, 0.05) is 50.7 Å². The second-order valence-corrected chi connectivity index (χ2v) is 6.91. The molecule has 4 rings (SSSR count). The quantitative estimate of drug-likeness (QED) is 0.853. The number of hydrogen-bond donors (Lipinski definition) is 0. The molecule has 2 atom stereocenters. The minimum Gasteiger partial charge on any atom is -0.377 e. The van der Waals surface area contributed by atoms with Gasteiger partial charge >= 0.3 is 0 Å². The van der Waals surface area contributed by atoms with Crippen molar-refractivity contribution in [2.75, 3.05) is 32.9 Å². The number of hydrogen-bond acceptors (Lipinski definition) is 5. The molecule has 0 amide bonds. The van der Waals surface area contributed by atoms with Crippen molar-refractivity contribution in [3.8, 4) is 0 Å². The fourth-order valence-corrected chi connectivity index (χ4v) is 3.80. The second kappa shape index (κ2) is 7.01. The largest absolute Gasteiger partial charge is 0.377 e. The van der Waals surface area contributed by atoms with E-state index in [1.807, 2.05) is 37.1 Å². The zero-order valence-electron chi connectivity index (χ0n) is 13.9. The van der Waals surface area contributed by atoms with E-state index in [1.54, 1.807) is 0 Å². The molecule has 0 saturated carbocycles. The van der Waals surface area contributed by atoms with Crippen LogP contribution in [0.1, 0.15) is 12.1 Å². The van der Waals surface area contributed by atoms with Crippen molar-refractivity contribution in [3.05, 3.63) is 48.8 Å². The van der Waals surface area contributed by atoms with Gasteiger partial charge in [-0.05, 0) is 18.6 Å². The Morgan fingerprint density at radius 3 is 3.12 bits per heavy atom. The first kappa shape index (κ1) is 15.7. The summed E-state index contributed by atoms with van der Waals surface area (Å²) < 4.78 is 14.3. The van der Waals surface area contributed by atoms with Gasteiger partial charge in [0.05, 0.1) is 31.8 Å². The van der Waals surface area contributed by atoms with E-state index in [9.17, 15) is 0 Å². The lowest BCUT2D eigenvalue weighted by Crippen LogP contribution is -2.43. The lowest BCUT2D eigenvalue weighted by Gasteiger charge is -2.31. The predicted octanol–water partition coefficient (Wildman–Crippen LogP) is 1.59. The third kappa shape index (κ3) is 3.66. The standard InChI is InChI=1S/C18H24N4O2/c1-2-4-20-17(3-1)11-21-7-8-23-14-18(13-21)9-16(12-24-18)10-22-6-5-19-15-22/h1-6,15-16H,7-14H2/t16-,18+/m1/s1. The number of imidazole rings is 1. The molecule has 1 spiro atoms. The molecule has 2 aromatic heterocycles. The van der Waals surface area contributed by atoms with Crippen molar-refractivity contribution in [3.63, 3.8) is 0 Å². The Labute approximate surface area is 142 Å². The Hall–Kier alpha value is -1.76. The molecule has 6 nitrogen and oxygen atoms in total. The van der Waals surface area contributed by atoms with Crippen LogP contribution in [-0.2, 0) is 22.6 Å². The number of rotatable bonds is 4. The normalized spacial score (nSPS) is 28.2.